The Morgan fingerprint density at radius 3 is 2.69 bits per heavy atom. The van der Waals surface area contributed by atoms with Crippen molar-refractivity contribution in [2.24, 2.45) is 0 Å². The van der Waals surface area contributed by atoms with Gasteiger partial charge in [-0.25, -0.2) is 14.4 Å². The average Bonchev–Trinajstić information content (AvgIpc) is 2.62. The Morgan fingerprint density at radius 2 is 1.96 bits per heavy atom. The summed E-state index contributed by atoms with van der Waals surface area (Å²) in [5.41, 5.74) is 1.18. The SMILES string of the molecule is CC(F)c1cccc(CC(=O)c2cc(Cl)cc(Oc3cncnc3)c2)n1. The Labute approximate surface area is 154 Å². The number of halogens is 2. The molecule has 132 valence electrons. The lowest BCUT2D eigenvalue weighted by Gasteiger charge is -2.08. The third kappa shape index (κ3) is 4.61. The van der Waals surface area contributed by atoms with Gasteiger partial charge in [-0.3, -0.25) is 9.78 Å². The van der Waals surface area contributed by atoms with Gasteiger partial charge >= 0.3 is 0 Å². The van der Waals surface area contributed by atoms with E-state index in [1.54, 1.807) is 36.4 Å². The van der Waals surface area contributed by atoms with E-state index >= 15 is 0 Å². The van der Waals surface area contributed by atoms with Crippen molar-refractivity contribution < 1.29 is 13.9 Å². The summed E-state index contributed by atoms with van der Waals surface area (Å²) in [6, 6.07) is 9.69. The molecule has 3 aromatic rings. The molecule has 0 N–H and O–H groups in total. The number of ketones is 1. The lowest BCUT2D eigenvalue weighted by Crippen LogP contribution is -2.07. The Bertz CT molecular complexity index is 920. The molecule has 0 saturated heterocycles. The molecule has 0 aliphatic carbocycles. The number of nitrogens with zero attached hydrogens (tertiary/aromatic N) is 3. The molecule has 26 heavy (non-hydrogen) atoms. The molecule has 0 saturated carbocycles. The Balaban J connectivity index is 1.80. The first-order valence-electron chi connectivity index (χ1n) is 7.88. The van der Waals surface area contributed by atoms with Gasteiger partial charge < -0.3 is 4.74 Å². The molecule has 1 aromatic carbocycles. The first-order chi connectivity index (χ1) is 12.5. The van der Waals surface area contributed by atoms with Gasteiger partial charge in [0.1, 0.15) is 18.2 Å². The van der Waals surface area contributed by atoms with Gasteiger partial charge in [-0.1, -0.05) is 17.7 Å². The molecule has 0 amide bonds. The number of aromatic nitrogens is 3. The molecule has 0 aliphatic rings. The summed E-state index contributed by atoms with van der Waals surface area (Å²) in [6.45, 7) is 1.40. The van der Waals surface area contributed by atoms with E-state index < -0.39 is 6.17 Å². The second-order valence-electron chi connectivity index (χ2n) is 5.62. The zero-order valence-electron chi connectivity index (χ0n) is 13.9. The van der Waals surface area contributed by atoms with Crippen molar-refractivity contribution in [3.05, 3.63) is 77.1 Å². The van der Waals surface area contributed by atoms with E-state index in [9.17, 15) is 9.18 Å². The van der Waals surface area contributed by atoms with E-state index in [1.807, 2.05) is 0 Å². The minimum absolute atomic E-state index is 0.0365. The van der Waals surface area contributed by atoms with Crippen LogP contribution in [0, 0.1) is 0 Å². The molecule has 2 aromatic heterocycles. The number of benzene rings is 1. The summed E-state index contributed by atoms with van der Waals surface area (Å²) >= 11 is 6.10. The maximum Gasteiger partial charge on any atom is 0.169 e. The third-order valence-electron chi connectivity index (χ3n) is 3.54. The number of hydrogen-bond acceptors (Lipinski definition) is 5. The Kier molecular flexibility index (Phi) is 5.53. The number of ether oxygens (including phenoxy) is 1. The number of Topliss-reactive ketones (excluding diaryl/α,β-unsaturated/α-hetero) is 1. The van der Waals surface area contributed by atoms with Crippen LogP contribution in [0.15, 0.2) is 55.1 Å². The van der Waals surface area contributed by atoms with Crippen molar-refractivity contribution >= 4 is 17.4 Å². The quantitative estimate of drug-likeness (QED) is 0.584. The summed E-state index contributed by atoms with van der Waals surface area (Å²) in [4.78, 5) is 24.5. The second-order valence-corrected chi connectivity index (χ2v) is 6.06. The minimum Gasteiger partial charge on any atom is -0.454 e. The molecule has 1 unspecified atom stereocenters. The molecule has 0 fully saturated rings. The number of rotatable bonds is 6. The fraction of sp³-hybridized carbons (Fsp3) is 0.158. The Morgan fingerprint density at radius 1 is 1.19 bits per heavy atom. The number of pyridine rings is 1. The van der Waals surface area contributed by atoms with Crippen molar-refractivity contribution in [2.45, 2.75) is 19.5 Å². The van der Waals surface area contributed by atoms with E-state index in [4.69, 9.17) is 16.3 Å². The molecule has 3 rings (SSSR count). The predicted octanol–water partition coefficient (Wildman–Crippen LogP) is 4.77. The van der Waals surface area contributed by atoms with Crippen molar-refractivity contribution in [1.29, 1.82) is 0 Å². The van der Waals surface area contributed by atoms with Crippen LogP contribution < -0.4 is 4.74 Å². The van der Waals surface area contributed by atoms with E-state index in [0.29, 0.717) is 33.5 Å². The monoisotopic (exact) mass is 371 g/mol. The minimum atomic E-state index is -1.19. The summed E-state index contributed by atoms with van der Waals surface area (Å²) in [6.07, 6.45) is 3.24. The van der Waals surface area contributed by atoms with Crippen molar-refractivity contribution in [2.75, 3.05) is 0 Å². The third-order valence-corrected chi connectivity index (χ3v) is 3.76. The highest BCUT2D eigenvalue weighted by Gasteiger charge is 2.13. The van der Waals surface area contributed by atoms with Crippen LogP contribution in [0.5, 0.6) is 11.5 Å². The zero-order chi connectivity index (χ0) is 18.5. The van der Waals surface area contributed by atoms with E-state index in [0.717, 1.165) is 0 Å². The summed E-state index contributed by atoms with van der Waals surface area (Å²) in [5, 5.41) is 0.363. The number of alkyl halides is 1. The second kappa shape index (κ2) is 8.01. The molecule has 2 heterocycles. The van der Waals surface area contributed by atoms with Crippen LogP contribution in [0.1, 0.15) is 34.8 Å². The largest absolute Gasteiger partial charge is 0.454 e. The molecule has 0 radical (unpaired) electrons. The highest BCUT2D eigenvalue weighted by atomic mass is 35.5. The van der Waals surface area contributed by atoms with Crippen LogP contribution in [0.25, 0.3) is 0 Å². The summed E-state index contributed by atoms with van der Waals surface area (Å²) < 4.78 is 19.0. The molecule has 0 aliphatic heterocycles. The van der Waals surface area contributed by atoms with Crippen LogP contribution >= 0.6 is 11.6 Å². The van der Waals surface area contributed by atoms with Gasteiger partial charge in [0.05, 0.1) is 24.5 Å². The van der Waals surface area contributed by atoms with Gasteiger partial charge in [-0.05, 0) is 37.3 Å². The maximum atomic E-state index is 13.4. The highest BCUT2D eigenvalue weighted by molar-refractivity contribution is 6.31. The average molecular weight is 372 g/mol. The fourth-order valence-corrected chi connectivity index (χ4v) is 2.57. The summed E-state index contributed by atoms with van der Waals surface area (Å²) in [5.74, 6) is 0.632. The predicted molar refractivity (Wildman–Crippen MR) is 95.4 cm³/mol. The molecular weight excluding hydrogens is 357 g/mol. The van der Waals surface area contributed by atoms with Crippen LogP contribution in [0.3, 0.4) is 0 Å². The number of carbonyl (C=O) groups excluding carboxylic acids is 1. The van der Waals surface area contributed by atoms with E-state index in [-0.39, 0.29) is 12.2 Å². The van der Waals surface area contributed by atoms with Crippen molar-refractivity contribution in [1.82, 2.24) is 15.0 Å². The van der Waals surface area contributed by atoms with Gasteiger partial charge in [0.2, 0.25) is 0 Å². The van der Waals surface area contributed by atoms with Gasteiger partial charge in [0.15, 0.2) is 11.5 Å². The smallest absolute Gasteiger partial charge is 0.169 e. The van der Waals surface area contributed by atoms with Gasteiger partial charge in [0, 0.05) is 16.3 Å². The molecular formula is C19H15ClFN3O2. The first kappa shape index (κ1) is 17.9. The molecule has 7 heteroatoms. The van der Waals surface area contributed by atoms with Crippen LogP contribution in [0.4, 0.5) is 4.39 Å². The molecule has 0 spiro atoms. The van der Waals surface area contributed by atoms with Crippen molar-refractivity contribution in [3.63, 3.8) is 0 Å². The Hall–Kier alpha value is -2.86. The lowest BCUT2D eigenvalue weighted by molar-refractivity contribution is 0.0991. The van der Waals surface area contributed by atoms with Crippen LogP contribution in [0.2, 0.25) is 5.02 Å². The van der Waals surface area contributed by atoms with Crippen molar-refractivity contribution in [3.8, 4) is 11.5 Å². The highest BCUT2D eigenvalue weighted by Crippen LogP contribution is 2.26. The fourth-order valence-electron chi connectivity index (χ4n) is 2.34. The zero-order valence-corrected chi connectivity index (χ0v) is 14.7. The molecule has 0 bridgehead atoms. The van der Waals surface area contributed by atoms with Gasteiger partial charge in [-0.2, -0.15) is 0 Å². The first-order valence-corrected chi connectivity index (χ1v) is 8.25. The number of carbonyl (C=O) groups is 1. The normalized spacial score (nSPS) is 11.8. The van der Waals surface area contributed by atoms with Crippen LogP contribution in [-0.2, 0) is 6.42 Å². The molecule has 1 atom stereocenters. The standard InChI is InChI=1S/C19H15ClFN3O2/c1-12(21)18-4-2-3-15(24-18)8-19(25)13-5-14(20)7-16(6-13)26-17-9-22-11-23-10-17/h2-7,9-12H,8H2,1H3. The topological polar surface area (TPSA) is 65.0 Å². The lowest BCUT2D eigenvalue weighted by atomic mass is 10.1. The maximum absolute atomic E-state index is 13.4. The van der Waals surface area contributed by atoms with Gasteiger partial charge in [-0.15, -0.1) is 0 Å². The van der Waals surface area contributed by atoms with E-state index in [1.165, 1.54) is 25.6 Å². The summed E-state index contributed by atoms with van der Waals surface area (Å²) in [7, 11) is 0. The van der Waals surface area contributed by atoms with Crippen LogP contribution in [-0.4, -0.2) is 20.7 Å². The molecule has 5 nitrogen and oxygen atoms in total. The van der Waals surface area contributed by atoms with E-state index in [2.05, 4.69) is 15.0 Å². The number of hydrogen-bond donors (Lipinski definition) is 0. The van der Waals surface area contributed by atoms with Gasteiger partial charge in [0.25, 0.3) is 0 Å².